The van der Waals surface area contributed by atoms with Crippen molar-refractivity contribution in [2.24, 2.45) is 4.99 Å². The first-order chi connectivity index (χ1) is 6.05. The number of nitrogens with zero attached hydrogens (tertiary/aromatic N) is 1. The van der Waals surface area contributed by atoms with Crippen LogP contribution in [0.15, 0.2) is 22.5 Å². The van der Waals surface area contributed by atoms with Crippen LogP contribution in [-0.4, -0.2) is 23.7 Å². The summed E-state index contributed by atoms with van der Waals surface area (Å²) in [5, 5.41) is 9.84. The maximum atomic E-state index is 12.2. The minimum atomic E-state index is -4.51. The van der Waals surface area contributed by atoms with Gasteiger partial charge in [-0.25, -0.2) is 0 Å². The molecule has 0 radical (unpaired) electrons. The van der Waals surface area contributed by atoms with Crippen molar-refractivity contribution in [2.45, 2.75) is 6.18 Å². The van der Waals surface area contributed by atoms with Gasteiger partial charge >= 0.3 is 6.18 Å². The standard InChI is InChI=1S/C7H6F3NOS/c8-7(9,10)6(11-4-12)5-2-1-3-13-5/h1-3,12H,4H2. The first kappa shape index (κ1) is 10.2. The van der Waals surface area contributed by atoms with Crippen LogP contribution in [0.5, 0.6) is 0 Å². The summed E-state index contributed by atoms with van der Waals surface area (Å²) in [7, 11) is 0. The van der Waals surface area contributed by atoms with Gasteiger partial charge in [-0.15, -0.1) is 11.3 Å². The summed E-state index contributed by atoms with van der Waals surface area (Å²) in [6.07, 6.45) is -4.51. The molecule has 13 heavy (non-hydrogen) atoms. The quantitative estimate of drug-likeness (QED) is 0.743. The number of halogens is 3. The van der Waals surface area contributed by atoms with Gasteiger partial charge in [0.05, 0.1) is 4.88 Å². The zero-order chi connectivity index (χ0) is 9.90. The van der Waals surface area contributed by atoms with E-state index in [0.717, 1.165) is 11.3 Å². The number of aliphatic hydroxyl groups excluding tert-OH is 1. The van der Waals surface area contributed by atoms with Gasteiger partial charge in [0.1, 0.15) is 6.73 Å². The minimum Gasteiger partial charge on any atom is -0.375 e. The van der Waals surface area contributed by atoms with Gasteiger partial charge in [0.2, 0.25) is 0 Å². The largest absolute Gasteiger partial charge is 0.434 e. The molecular weight excluding hydrogens is 203 g/mol. The fraction of sp³-hybridized carbons (Fsp3) is 0.286. The number of aliphatic imine (C=N–C) groups is 1. The molecule has 0 atom stereocenters. The monoisotopic (exact) mass is 209 g/mol. The Morgan fingerprint density at radius 3 is 2.62 bits per heavy atom. The van der Waals surface area contributed by atoms with E-state index in [1.807, 2.05) is 0 Å². The molecule has 0 fully saturated rings. The van der Waals surface area contributed by atoms with Crippen molar-refractivity contribution in [1.82, 2.24) is 0 Å². The number of hydrogen-bond acceptors (Lipinski definition) is 3. The molecule has 0 aliphatic heterocycles. The van der Waals surface area contributed by atoms with Gasteiger partial charge in [0, 0.05) is 0 Å². The highest BCUT2D eigenvalue weighted by Crippen LogP contribution is 2.25. The molecule has 0 unspecified atom stereocenters. The molecule has 1 aromatic rings. The van der Waals surface area contributed by atoms with Gasteiger partial charge in [-0.1, -0.05) is 6.07 Å². The number of rotatable bonds is 2. The predicted molar refractivity (Wildman–Crippen MR) is 44.0 cm³/mol. The van der Waals surface area contributed by atoms with Crippen LogP contribution in [-0.2, 0) is 0 Å². The van der Waals surface area contributed by atoms with Gasteiger partial charge < -0.3 is 5.11 Å². The molecule has 2 nitrogen and oxygen atoms in total. The van der Waals surface area contributed by atoms with Gasteiger partial charge in [-0.05, 0) is 11.4 Å². The third-order valence-electron chi connectivity index (χ3n) is 1.25. The van der Waals surface area contributed by atoms with E-state index in [0.29, 0.717) is 0 Å². The van der Waals surface area contributed by atoms with Crippen LogP contribution in [0.1, 0.15) is 4.88 Å². The van der Waals surface area contributed by atoms with Crippen LogP contribution >= 0.6 is 11.3 Å². The van der Waals surface area contributed by atoms with Crippen molar-refractivity contribution in [3.63, 3.8) is 0 Å². The Balaban J connectivity index is 3.02. The average molecular weight is 209 g/mol. The third kappa shape index (κ3) is 2.53. The average Bonchev–Trinajstić information content (AvgIpc) is 2.49. The Kier molecular flexibility index (Phi) is 3.05. The Hall–Kier alpha value is -0.880. The second kappa shape index (κ2) is 3.89. The predicted octanol–water partition coefficient (Wildman–Crippen LogP) is 2.05. The Morgan fingerprint density at radius 1 is 1.54 bits per heavy atom. The molecular formula is C7H6F3NOS. The van der Waals surface area contributed by atoms with Crippen molar-refractivity contribution in [1.29, 1.82) is 0 Å². The highest BCUT2D eigenvalue weighted by atomic mass is 32.1. The van der Waals surface area contributed by atoms with Crippen LogP contribution < -0.4 is 0 Å². The smallest absolute Gasteiger partial charge is 0.375 e. The summed E-state index contributed by atoms with van der Waals surface area (Å²) in [5.41, 5.74) is -1.02. The molecule has 0 bridgehead atoms. The maximum absolute atomic E-state index is 12.2. The van der Waals surface area contributed by atoms with Crippen LogP contribution in [0.3, 0.4) is 0 Å². The number of alkyl halides is 3. The minimum absolute atomic E-state index is 0.0153. The Bertz CT molecular complexity index is 291. The van der Waals surface area contributed by atoms with E-state index in [-0.39, 0.29) is 4.88 Å². The second-order valence-corrected chi connectivity index (χ2v) is 3.07. The first-order valence-corrected chi connectivity index (χ1v) is 4.20. The van der Waals surface area contributed by atoms with E-state index >= 15 is 0 Å². The molecule has 1 N–H and O–H groups in total. The van der Waals surface area contributed by atoms with Crippen molar-refractivity contribution >= 4 is 17.0 Å². The van der Waals surface area contributed by atoms with Crippen LogP contribution in [0, 0.1) is 0 Å². The van der Waals surface area contributed by atoms with E-state index in [1.54, 1.807) is 0 Å². The summed E-state index contributed by atoms with van der Waals surface area (Å²) in [4.78, 5) is 3.01. The summed E-state index contributed by atoms with van der Waals surface area (Å²) < 4.78 is 36.7. The molecule has 0 aliphatic rings. The SMILES string of the molecule is OCN=C(c1cccs1)C(F)(F)F. The van der Waals surface area contributed by atoms with E-state index in [4.69, 9.17) is 5.11 Å². The zero-order valence-electron chi connectivity index (χ0n) is 6.38. The lowest BCUT2D eigenvalue weighted by Crippen LogP contribution is -2.23. The van der Waals surface area contributed by atoms with E-state index in [9.17, 15) is 13.2 Å². The van der Waals surface area contributed by atoms with Crippen LogP contribution in [0.2, 0.25) is 0 Å². The second-order valence-electron chi connectivity index (χ2n) is 2.12. The lowest BCUT2D eigenvalue weighted by molar-refractivity contribution is -0.0584. The molecule has 72 valence electrons. The number of thiophene rings is 1. The highest BCUT2D eigenvalue weighted by molar-refractivity contribution is 7.12. The molecule has 0 saturated heterocycles. The molecule has 0 aromatic carbocycles. The zero-order valence-corrected chi connectivity index (χ0v) is 7.19. The van der Waals surface area contributed by atoms with Gasteiger partial charge in [0.15, 0.2) is 5.71 Å². The van der Waals surface area contributed by atoms with Crippen molar-refractivity contribution in [3.8, 4) is 0 Å². The van der Waals surface area contributed by atoms with Crippen LogP contribution in [0.4, 0.5) is 13.2 Å². The van der Waals surface area contributed by atoms with E-state index in [2.05, 4.69) is 4.99 Å². The fourth-order valence-corrected chi connectivity index (χ4v) is 1.54. The maximum Gasteiger partial charge on any atom is 0.434 e. The van der Waals surface area contributed by atoms with Crippen molar-refractivity contribution in [2.75, 3.05) is 6.73 Å². The summed E-state index contributed by atoms with van der Waals surface area (Å²) in [6, 6.07) is 2.81. The van der Waals surface area contributed by atoms with E-state index < -0.39 is 18.6 Å². The molecule has 0 aliphatic carbocycles. The summed E-state index contributed by atoms with van der Waals surface area (Å²) in [6.45, 7) is -0.854. The lowest BCUT2D eigenvalue weighted by atomic mass is 10.3. The summed E-state index contributed by atoms with van der Waals surface area (Å²) >= 11 is 0.936. The highest BCUT2D eigenvalue weighted by Gasteiger charge is 2.37. The molecule has 0 amide bonds. The molecule has 1 aromatic heterocycles. The number of hydrogen-bond donors (Lipinski definition) is 1. The third-order valence-corrected chi connectivity index (χ3v) is 2.13. The van der Waals surface area contributed by atoms with Crippen molar-refractivity contribution < 1.29 is 18.3 Å². The Morgan fingerprint density at radius 2 is 2.23 bits per heavy atom. The first-order valence-electron chi connectivity index (χ1n) is 3.32. The van der Waals surface area contributed by atoms with Crippen molar-refractivity contribution in [3.05, 3.63) is 22.4 Å². The molecule has 0 spiro atoms. The number of aliphatic hydroxyl groups is 1. The van der Waals surface area contributed by atoms with Gasteiger partial charge in [-0.2, -0.15) is 13.2 Å². The molecule has 1 rings (SSSR count). The fourth-order valence-electron chi connectivity index (χ4n) is 0.791. The van der Waals surface area contributed by atoms with Gasteiger partial charge in [-0.3, -0.25) is 4.99 Å². The molecule has 1 heterocycles. The topological polar surface area (TPSA) is 32.6 Å². The summed E-state index contributed by atoms with van der Waals surface area (Å²) in [5.74, 6) is 0. The van der Waals surface area contributed by atoms with E-state index in [1.165, 1.54) is 17.5 Å². The van der Waals surface area contributed by atoms with Crippen LogP contribution in [0.25, 0.3) is 0 Å². The lowest BCUT2D eigenvalue weighted by Gasteiger charge is -2.07. The normalized spacial score (nSPS) is 13.4. The molecule has 0 saturated carbocycles. The molecule has 6 heteroatoms. The van der Waals surface area contributed by atoms with Gasteiger partial charge in [0.25, 0.3) is 0 Å². The Labute approximate surface area is 76.4 Å².